The lowest BCUT2D eigenvalue weighted by molar-refractivity contribution is -0.131. The van der Waals surface area contributed by atoms with Crippen LogP contribution in [0.5, 0.6) is 0 Å². The molecule has 0 aliphatic rings. The van der Waals surface area contributed by atoms with Crippen LogP contribution in [-0.4, -0.2) is 22.5 Å². The van der Waals surface area contributed by atoms with E-state index in [0.717, 1.165) is 0 Å². The summed E-state index contributed by atoms with van der Waals surface area (Å²) < 4.78 is 0. The van der Waals surface area contributed by atoms with Crippen molar-refractivity contribution < 1.29 is 19.8 Å². The van der Waals surface area contributed by atoms with Crippen LogP contribution in [0.4, 0.5) is 0 Å². The fourth-order valence-electron chi connectivity index (χ4n) is 0.161. The van der Waals surface area contributed by atoms with E-state index in [2.05, 4.69) is 0 Å². The Hall–Kier alpha value is -1.32. The molecule has 0 bridgehead atoms. The van der Waals surface area contributed by atoms with Crippen molar-refractivity contribution in [3.05, 3.63) is 11.8 Å². The quantitative estimate of drug-likeness (QED) is 0.295. The molecule has 0 saturated carbocycles. The summed E-state index contributed by atoms with van der Waals surface area (Å²) in [6.45, 7) is 0. The maximum atomic E-state index is 9.57. The molecule has 0 spiro atoms. The zero-order valence-electron chi connectivity index (χ0n) is 3.87. The molecule has 0 saturated heterocycles. The Morgan fingerprint density at radius 1 is 1.38 bits per heavy atom. The molecular weight excluding hydrogens is 112 g/mol. The van der Waals surface area contributed by atoms with Gasteiger partial charge in [0.05, 0.1) is 6.08 Å². The summed E-state index contributed by atoms with van der Waals surface area (Å²) in [5.74, 6) is -2.12. The lowest BCUT2D eigenvalue weighted by Gasteiger charge is -1.79. The first-order valence-electron chi connectivity index (χ1n) is 1.75. The largest absolute Gasteiger partial charge is 0.504 e. The molecule has 0 fully saturated rings. The molecule has 2 N–H and O–H groups in total. The van der Waals surface area contributed by atoms with Crippen LogP contribution in [-0.2, 0) is 9.59 Å². The molecule has 0 aliphatic heterocycles. The summed E-state index contributed by atoms with van der Waals surface area (Å²) in [5.41, 5.74) is 0. The van der Waals surface area contributed by atoms with Gasteiger partial charge >= 0.3 is 5.97 Å². The van der Waals surface area contributed by atoms with Gasteiger partial charge in [0.15, 0.2) is 12.0 Å². The summed E-state index contributed by atoms with van der Waals surface area (Å²) in [7, 11) is 0. The molecule has 44 valence electrons. The zero-order valence-corrected chi connectivity index (χ0v) is 3.87. The lowest BCUT2D eigenvalue weighted by Crippen LogP contribution is -1.91. The van der Waals surface area contributed by atoms with E-state index in [1.54, 1.807) is 0 Å². The van der Waals surface area contributed by atoms with E-state index in [9.17, 15) is 9.59 Å². The number of rotatable bonds is 2. The highest BCUT2D eigenvalue weighted by Crippen LogP contribution is 1.78. The minimum atomic E-state index is -1.34. The van der Waals surface area contributed by atoms with Crippen LogP contribution in [0.1, 0.15) is 0 Å². The van der Waals surface area contributed by atoms with E-state index in [1.807, 2.05) is 0 Å². The van der Waals surface area contributed by atoms with Crippen LogP contribution >= 0.6 is 0 Å². The number of carboxylic acid groups (broad SMARTS) is 1. The Labute approximate surface area is 45.1 Å². The van der Waals surface area contributed by atoms with Gasteiger partial charge in [-0.25, -0.2) is 4.79 Å². The standard InChI is InChI=1S/C4H4O4/c5-2-3(6)1-4(7)8/h1-2,6H,(H,7,8). The molecule has 0 aromatic heterocycles. The van der Waals surface area contributed by atoms with E-state index in [-0.39, 0.29) is 6.29 Å². The first-order valence-corrected chi connectivity index (χ1v) is 1.75. The Balaban J connectivity index is 3.94. The van der Waals surface area contributed by atoms with Gasteiger partial charge in [0.25, 0.3) is 0 Å². The molecule has 0 unspecified atom stereocenters. The van der Waals surface area contributed by atoms with Gasteiger partial charge in [0.1, 0.15) is 0 Å². The highest BCUT2D eigenvalue weighted by atomic mass is 16.4. The predicted molar refractivity (Wildman–Crippen MR) is 24.4 cm³/mol. The minimum absolute atomic E-state index is 0.0497. The Kier molecular flexibility index (Phi) is 2.33. The van der Waals surface area contributed by atoms with Crippen molar-refractivity contribution in [1.29, 1.82) is 0 Å². The Morgan fingerprint density at radius 3 is 2.00 bits per heavy atom. The van der Waals surface area contributed by atoms with Crippen LogP contribution < -0.4 is 0 Å². The van der Waals surface area contributed by atoms with Gasteiger partial charge in [-0.15, -0.1) is 0 Å². The van der Waals surface area contributed by atoms with Crippen LogP contribution in [0.15, 0.2) is 11.8 Å². The fraction of sp³-hybridized carbons (Fsp3) is 0. The maximum Gasteiger partial charge on any atom is 0.332 e. The highest BCUT2D eigenvalue weighted by Gasteiger charge is 1.91. The van der Waals surface area contributed by atoms with Gasteiger partial charge < -0.3 is 10.2 Å². The molecule has 4 nitrogen and oxygen atoms in total. The Bertz CT molecular complexity index is 135. The predicted octanol–water partition coefficient (Wildman–Crippen LogP) is -0.288. The van der Waals surface area contributed by atoms with Crippen molar-refractivity contribution in [3.63, 3.8) is 0 Å². The molecule has 4 heteroatoms. The van der Waals surface area contributed by atoms with Crippen LogP contribution in [0, 0.1) is 0 Å². The summed E-state index contributed by atoms with van der Waals surface area (Å²) in [4.78, 5) is 19.0. The van der Waals surface area contributed by atoms with Gasteiger partial charge in [-0.2, -0.15) is 0 Å². The van der Waals surface area contributed by atoms with E-state index in [4.69, 9.17) is 10.2 Å². The molecule has 0 aliphatic carbocycles. The first kappa shape index (κ1) is 6.68. The highest BCUT2D eigenvalue weighted by molar-refractivity contribution is 5.86. The van der Waals surface area contributed by atoms with E-state index >= 15 is 0 Å². The summed E-state index contributed by atoms with van der Waals surface area (Å²) in [5, 5.41) is 16.0. The topological polar surface area (TPSA) is 74.6 Å². The van der Waals surface area contributed by atoms with Crippen LogP contribution in [0.3, 0.4) is 0 Å². The van der Waals surface area contributed by atoms with Gasteiger partial charge in [0.2, 0.25) is 0 Å². The molecule has 0 amide bonds. The molecule has 0 aromatic carbocycles. The van der Waals surface area contributed by atoms with Gasteiger partial charge in [0, 0.05) is 0 Å². The summed E-state index contributed by atoms with van der Waals surface area (Å²) in [6.07, 6.45) is 0.459. The number of aliphatic hydroxyl groups is 1. The van der Waals surface area contributed by atoms with Crippen LogP contribution in [0.25, 0.3) is 0 Å². The van der Waals surface area contributed by atoms with Crippen molar-refractivity contribution in [2.45, 2.75) is 0 Å². The number of hydrogen-bond acceptors (Lipinski definition) is 3. The maximum absolute atomic E-state index is 9.57. The van der Waals surface area contributed by atoms with Gasteiger partial charge in [-0.05, 0) is 0 Å². The average Bonchev–Trinajstić information content (AvgIpc) is 1.65. The molecule has 8 heavy (non-hydrogen) atoms. The normalized spacial score (nSPS) is 10.8. The van der Waals surface area contributed by atoms with Crippen molar-refractivity contribution in [2.24, 2.45) is 0 Å². The van der Waals surface area contributed by atoms with E-state index in [0.29, 0.717) is 6.08 Å². The molecule has 0 radical (unpaired) electrons. The van der Waals surface area contributed by atoms with E-state index in [1.165, 1.54) is 0 Å². The lowest BCUT2D eigenvalue weighted by atomic mass is 10.5. The average molecular weight is 116 g/mol. The summed E-state index contributed by atoms with van der Waals surface area (Å²) >= 11 is 0. The number of carboxylic acids is 1. The molecule has 0 aromatic rings. The SMILES string of the molecule is O=CC(O)=CC(=O)O. The monoisotopic (exact) mass is 116 g/mol. The summed E-state index contributed by atoms with van der Waals surface area (Å²) in [6, 6.07) is 0. The number of carbonyl (C=O) groups is 2. The number of aliphatic hydroxyl groups excluding tert-OH is 1. The third-order valence-corrected chi connectivity index (χ3v) is 0.392. The third-order valence-electron chi connectivity index (χ3n) is 0.392. The first-order chi connectivity index (χ1) is 3.66. The number of aliphatic carboxylic acids is 1. The second-order valence-electron chi connectivity index (χ2n) is 1.03. The number of carbonyl (C=O) groups excluding carboxylic acids is 1. The third kappa shape index (κ3) is 2.89. The zero-order chi connectivity index (χ0) is 6.57. The minimum Gasteiger partial charge on any atom is -0.504 e. The molecular formula is C4H4O4. The van der Waals surface area contributed by atoms with Crippen molar-refractivity contribution >= 4 is 12.3 Å². The number of aldehydes is 1. The van der Waals surface area contributed by atoms with E-state index < -0.39 is 11.7 Å². The fourth-order valence-corrected chi connectivity index (χ4v) is 0.161. The van der Waals surface area contributed by atoms with Crippen molar-refractivity contribution in [1.82, 2.24) is 0 Å². The van der Waals surface area contributed by atoms with Gasteiger partial charge in [-0.1, -0.05) is 0 Å². The second kappa shape index (κ2) is 2.79. The molecule has 0 rings (SSSR count). The van der Waals surface area contributed by atoms with Crippen molar-refractivity contribution in [3.8, 4) is 0 Å². The molecule has 0 atom stereocenters. The number of allylic oxidation sites excluding steroid dienone is 1. The second-order valence-corrected chi connectivity index (χ2v) is 1.03. The Morgan fingerprint density at radius 2 is 1.88 bits per heavy atom. The molecule has 0 heterocycles. The van der Waals surface area contributed by atoms with Gasteiger partial charge in [-0.3, -0.25) is 4.79 Å². The van der Waals surface area contributed by atoms with Crippen molar-refractivity contribution in [2.75, 3.05) is 0 Å². The van der Waals surface area contributed by atoms with Crippen LogP contribution in [0.2, 0.25) is 0 Å². The number of hydrogen-bond donors (Lipinski definition) is 2. The smallest absolute Gasteiger partial charge is 0.332 e.